The Balaban J connectivity index is 1.23. The van der Waals surface area contributed by atoms with E-state index in [0.29, 0.717) is 0 Å². The molecule has 0 N–H and O–H groups in total. The molecule has 0 atom stereocenters. The second-order valence-electron chi connectivity index (χ2n) is 16.4. The smallest absolute Gasteiger partial charge is 0.0546 e. The number of benzene rings is 11. The highest BCUT2D eigenvalue weighted by Crippen LogP contribution is 2.52. The number of fused-ring (bicyclic) bond motifs is 5. The molecule has 0 fully saturated rings. The third kappa shape index (κ3) is 6.19. The molecular formula is C62H42N2. The van der Waals surface area contributed by atoms with E-state index in [4.69, 9.17) is 0 Å². The summed E-state index contributed by atoms with van der Waals surface area (Å²) in [7, 11) is 0. The first kappa shape index (κ1) is 37.3. The molecule has 0 aliphatic rings. The number of rotatable bonds is 8. The van der Waals surface area contributed by atoms with Crippen molar-refractivity contribution in [3.8, 4) is 50.2 Å². The van der Waals surface area contributed by atoms with Crippen LogP contribution in [0.3, 0.4) is 0 Å². The van der Waals surface area contributed by atoms with Crippen LogP contribution in [0.1, 0.15) is 0 Å². The van der Waals surface area contributed by atoms with Gasteiger partial charge in [0, 0.05) is 38.8 Å². The Morgan fingerprint density at radius 3 is 1.39 bits per heavy atom. The first-order valence-corrected chi connectivity index (χ1v) is 22.0. The number of aromatic nitrogens is 1. The molecule has 0 spiro atoms. The summed E-state index contributed by atoms with van der Waals surface area (Å²) in [4.78, 5) is 2.48. The van der Waals surface area contributed by atoms with Crippen LogP contribution in [-0.2, 0) is 0 Å². The minimum absolute atomic E-state index is 1.09. The van der Waals surface area contributed by atoms with Crippen LogP contribution in [0.4, 0.5) is 17.1 Å². The van der Waals surface area contributed by atoms with E-state index >= 15 is 0 Å². The average molecular weight is 815 g/mol. The van der Waals surface area contributed by atoms with Gasteiger partial charge in [-0.15, -0.1) is 0 Å². The molecule has 0 unspecified atom stereocenters. The van der Waals surface area contributed by atoms with Crippen molar-refractivity contribution < 1.29 is 0 Å². The normalized spacial score (nSPS) is 11.4. The Bertz CT molecular complexity index is 3650. The van der Waals surface area contributed by atoms with Gasteiger partial charge in [0.2, 0.25) is 0 Å². The lowest BCUT2D eigenvalue weighted by molar-refractivity contribution is 1.18. The second-order valence-corrected chi connectivity index (χ2v) is 16.4. The monoisotopic (exact) mass is 814 g/mol. The van der Waals surface area contributed by atoms with Gasteiger partial charge in [0.25, 0.3) is 0 Å². The molecule has 0 aliphatic heterocycles. The number of para-hydroxylation sites is 3. The lowest BCUT2D eigenvalue weighted by Crippen LogP contribution is -2.11. The Hall–Kier alpha value is -8.46. The number of hydrogen-bond acceptors (Lipinski definition) is 1. The van der Waals surface area contributed by atoms with Crippen LogP contribution in [0.15, 0.2) is 255 Å². The molecule has 300 valence electrons. The van der Waals surface area contributed by atoms with Crippen molar-refractivity contribution in [1.29, 1.82) is 0 Å². The van der Waals surface area contributed by atoms with Crippen LogP contribution < -0.4 is 4.90 Å². The van der Waals surface area contributed by atoms with Crippen molar-refractivity contribution in [1.82, 2.24) is 4.57 Å². The predicted molar refractivity (Wildman–Crippen MR) is 272 cm³/mol. The van der Waals surface area contributed by atoms with Crippen molar-refractivity contribution in [3.63, 3.8) is 0 Å². The quantitative estimate of drug-likeness (QED) is 0.139. The topological polar surface area (TPSA) is 8.17 Å². The molecule has 0 saturated carbocycles. The molecular weight excluding hydrogens is 773 g/mol. The van der Waals surface area contributed by atoms with Gasteiger partial charge in [-0.1, -0.05) is 200 Å². The van der Waals surface area contributed by atoms with E-state index in [2.05, 4.69) is 264 Å². The third-order valence-corrected chi connectivity index (χ3v) is 12.8. The summed E-state index contributed by atoms with van der Waals surface area (Å²) < 4.78 is 2.39. The molecule has 12 aromatic rings. The molecule has 0 saturated heterocycles. The number of hydrogen-bond donors (Lipinski definition) is 0. The van der Waals surface area contributed by atoms with Crippen LogP contribution in [0.25, 0.3) is 93.5 Å². The fourth-order valence-corrected chi connectivity index (χ4v) is 10.1. The Morgan fingerprint density at radius 1 is 0.281 bits per heavy atom. The highest BCUT2D eigenvalue weighted by Gasteiger charge is 2.26. The summed E-state index contributed by atoms with van der Waals surface area (Å²) >= 11 is 0. The van der Waals surface area contributed by atoms with E-state index in [1.165, 1.54) is 87.9 Å². The van der Waals surface area contributed by atoms with Gasteiger partial charge in [0.05, 0.1) is 16.7 Å². The second kappa shape index (κ2) is 15.8. The van der Waals surface area contributed by atoms with E-state index in [-0.39, 0.29) is 0 Å². The van der Waals surface area contributed by atoms with Crippen molar-refractivity contribution in [2.45, 2.75) is 0 Å². The summed E-state index contributed by atoms with van der Waals surface area (Å²) in [5.74, 6) is 0. The van der Waals surface area contributed by atoms with Crippen LogP contribution in [0, 0.1) is 0 Å². The summed E-state index contributed by atoms with van der Waals surface area (Å²) in [5.41, 5.74) is 16.4. The fourth-order valence-electron chi connectivity index (χ4n) is 10.1. The van der Waals surface area contributed by atoms with Crippen molar-refractivity contribution in [2.24, 2.45) is 0 Å². The molecule has 0 bridgehead atoms. The minimum Gasteiger partial charge on any atom is -0.310 e. The molecule has 0 radical (unpaired) electrons. The van der Waals surface area contributed by atoms with Crippen LogP contribution in [-0.4, -0.2) is 4.57 Å². The number of anilines is 3. The SMILES string of the molecule is c1ccc(-c2ccccc2-c2c3ccccc3c(-c3ccccc3-c3ccccc3)c3c(N(c4ccccc4)c4ccc5c(c4)c4ccccc4n5-c4ccccc4)cccc23)cc1. The van der Waals surface area contributed by atoms with Crippen LogP contribution in [0.2, 0.25) is 0 Å². The zero-order chi connectivity index (χ0) is 42.4. The van der Waals surface area contributed by atoms with Gasteiger partial charge < -0.3 is 9.47 Å². The van der Waals surface area contributed by atoms with Gasteiger partial charge in [-0.25, -0.2) is 0 Å². The van der Waals surface area contributed by atoms with Gasteiger partial charge >= 0.3 is 0 Å². The zero-order valence-electron chi connectivity index (χ0n) is 35.1. The maximum absolute atomic E-state index is 2.48. The van der Waals surface area contributed by atoms with Gasteiger partial charge in [-0.3, -0.25) is 0 Å². The third-order valence-electron chi connectivity index (χ3n) is 12.8. The van der Waals surface area contributed by atoms with Crippen molar-refractivity contribution >= 4 is 60.4 Å². The number of nitrogens with zero attached hydrogens (tertiary/aromatic N) is 2. The highest BCUT2D eigenvalue weighted by atomic mass is 15.1. The maximum atomic E-state index is 2.48. The van der Waals surface area contributed by atoms with Crippen molar-refractivity contribution in [2.75, 3.05) is 4.90 Å². The molecule has 0 amide bonds. The average Bonchev–Trinajstić information content (AvgIpc) is 3.71. The van der Waals surface area contributed by atoms with Gasteiger partial charge in [0.15, 0.2) is 0 Å². The van der Waals surface area contributed by atoms with E-state index in [0.717, 1.165) is 22.7 Å². The van der Waals surface area contributed by atoms with Gasteiger partial charge in [-0.2, -0.15) is 0 Å². The Morgan fingerprint density at radius 2 is 0.750 bits per heavy atom. The van der Waals surface area contributed by atoms with Crippen molar-refractivity contribution in [3.05, 3.63) is 255 Å². The summed E-state index contributed by atoms with van der Waals surface area (Å²) in [5, 5.41) is 7.24. The molecule has 2 heteroatoms. The molecule has 1 heterocycles. The summed E-state index contributed by atoms with van der Waals surface area (Å²) in [6.07, 6.45) is 0. The van der Waals surface area contributed by atoms with Gasteiger partial charge in [-0.05, 0) is 110 Å². The minimum atomic E-state index is 1.09. The molecule has 12 rings (SSSR count). The lowest BCUT2D eigenvalue weighted by atomic mass is 9.81. The van der Waals surface area contributed by atoms with E-state index in [1.807, 2.05) is 0 Å². The molecule has 0 aliphatic carbocycles. The Kier molecular flexibility index (Phi) is 9.20. The fraction of sp³-hybridized carbons (Fsp3) is 0. The molecule has 1 aromatic heterocycles. The van der Waals surface area contributed by atoms with Gasteiger partial charge in [0.1, 0.15) is 0 Å². The molecule has 2 nitrogen and oxygen atoms in total. The maximum Gasteiger partial charge on any atom is 0.0546 e. The lowest BCUT2D eigenvalue weighted by Gasteiger charge is -2.30. The zero-order valence-corrected chi connectivity index (χ0v) is 35.1. The van der Waals surface area contributed by atoms with Crippen LogP contribution in [0.5, 0.6) is 0 Å². The largest absolute Gasteiger partial charge is 0.310 e. The Labute approximate surface area is 373 Å². The molecule has 64 heavy (non-hydrogen) atoms. The summed E-state index contributed by atoms with van der Waals surface area (Å²) in [6.45, 7) is 0. The summed E-state index contributed by atoms with van der Waals surface area (Å²) in [6, 6.07) is 92.8. The van der Waals surface area contributed by atoms with E-state index in [1.54, 1.807) is 0 Å². The predicted octanol–water partition coefficient (Wildman–Crippen LogP) is 17.2. The first-order chi connectivity index (χ1) is 31.8. The highest BCUT2D eigenvalue weighted by molar-refractivity contribution is 6.27. The van der Waals surface area contributed by atoms with Crippen LogP contribution >= 0.6 is 0 Å². The first-order valence-electron chi connectivity index (χ1n) is 22.0. The van der Waals surface area contributed by atoms with E-state index in [9.17, 15) is 0 Å². The molecule has 11 aromatic carbocycles. The van der Waals surface area contributed by atoms with E-state index < -0.39 is 0 Å². The standard InChI is InChI=1S/C62H42N2/c1-5-22-43(23-6-1)48-30-13-15-33-51(48)60-53-35-17-18-36-54(53)61(52-34-16-14-31-49(52)44-24-7-2-8-25-44)62-55(60)37-21-39-59(62)63(45-26-9-3-10-27-45)47-40-41-58-56(42-47)50-32-19-20-38-57(50)64(58)46-28-11-4-12-29-46/h1-42H.